The normalized spacial score (nSPS) is 19.5. The number of aliphatic hydroxyl groups is 1. The number of carbonyl (C=O) groups is 1. The highest BCUT2D eigenvalue weighted by Crippen LogP contribution is 2.27. The fourth-order valence-corrected chi connectivity index (χ4v) is 2.84. The van der Waals surface area contributed by atoms with Crippen molar-refractivity contribution >= 4 is 22.4 Å². The number of morpholine rings is 1. The second kappa shape index (κ2) is 6.31. The Morgan fingerprint density at radius 2 is 2.47 bits per heavy atom. The number of aromatic nitrogens is 1. The van der Waals surface area contributed by atoms with Crippen LogP contribution in [0.2, 0.25) is 0 Å². The molecule has 1 atom stereocenters. The smallest absolute Gasteiger partial charge is 0.358 e. The molecule has 2 rings (SSSR count). The van der Waals surface area contributed by atoms with Gasteiger partial charge in [-0.25, -0.2) is 9.78 Å². The number of thiazole rings is 1. The van der Waals surface area contributed by atoms with Crippen LogP contribution >= 0.6 is 11.3 Å². The Balaban J connectivity index is 2.13. The number of anilines is 1. The van der Waals surface area contributed by atoms with Crippen LogP contribution in [-0.4, -0.2) is 55.1 Å². The fourth-order valence-electron chi connectivity index (χ4n) is 1.91. The van der Waals surface area contributed by atoms with Gasteiger partial charge in [0.05, 0.1) is 25.9 Å². The van der Waals surface area contributed by atoms with Crippen molar-refractivity contribution in [3.8, 4) is 0 Å². The van der Waals surface area contributed by atoms with Crippen molar-refractivity contribution in [1.82, 2.24) is 4.98 Å². The highest BCUT2D eigenvalue weighted by atomic mass is 32.1. The molecule has 0 aliphatic carbocycles. The Morgan fingerprint density at radius 1 is 1.68 bits per heavy atom. The number of carbonyl (C=O) groups excluding carboxylic acids is 1. The van der Waals surface area contributed by atoms with Crippen LogP contribution in [0.5, 0.6) is 0 Å². The van der Waals surface area contributed by atoms with Crippen LogP contribution in [-0.2, 0) is 9.47 Å². The predicted molar refractivity (Wildman–Crippen MR) is 71.8 cm³/mol. The van der Waals surface area contributed by atoms with Crippen molar-refractivity contribution in [3.05, 3.63) is 10.6 Å². The van der Waals surface area contributed by atoms with Crippen molar-refractivity contribution < 1.29 is 19.4 Å². The van der Waals surface area contributed by atoms with Crippen LogP contribution in [0, 0.1) is 6.92 Å². The van der Waals surface area contributed by atoms with E-state index in [1.165, 1.54) is 11.3 Å². The summed E-state index contributed by atoms with van der Waals surface area (Å²) in [6, 6.07) is 0. The Bertz CT molecular complexity index is 449. The van der Waals surface area contributed by atoms with E-state index in [4.69, 9.17) is 14.6 Å². The zero-order valence-electron chi connectivity index (χ0n) is 11.1. The van der Waals surface area contributed by atoms with Gasteiger partial charge >= 0.3 is 5.97 Å². The zero-order valence-corrected chi connectivity index (χ0v) is 11.9. The second-order valence-electron chi connectivity index (χ2n) is 4.24. The summed E-state index contributed by atoms with van der Waals surface area (Å²) in [6.07, 6.45) is -0.191. The van der Waals surface area contributed by atoms with E-state index in [1.54, 1.807) is 6.92 Å². The maximum atomic E-state index is 11.7. The van der Waals surface area contributed by atoms with Crippen molar-refractivity contribution in [2.45, 2.75) is 20.0 Å². The van der Waals surface area contributed by atoms with Gasteiger partial charge in [0.1, 0.15) is 0 Å². The first kappa shape index (κ1) is 14.2. The van der Waals surface area contributed by atoms with E-state index in [-0.39, 0.29) is 18.7 Å². The molecular formula is C12H18N2O4S. The number of rotatable bonds is 4. The molecular weight excluding hydrogens is 268 g/mol. The average molecular weight is 286 g/mol. The first-order valence-electron chi connectivity index (χ1n) is 6.27. The van der Waals surface area contributed by atoms with Crippen molar-refractivity contribution in [2.75, 3.05) is 37.8 Å². The summed E-state index contributed by atoms with van der Waals surface area (Å²) < 4.78 is 10.4. The molecule has 0 saturated carbocycles. The van der Waals surface area contributed by atoms with Gasteiger partial charge < -0.3 is 19.5 Å². The number of esters is 1. The summed E-state index contributed by atoms with van der Waals surface area (Å²) in [4.78, 5) is 19.0. The molecule has 1 saturated heterocycles. The maximum absolute atomic E-state index is 11.7. The number of aryl methyl sites for hydroxylation is 1. The summed E-state index contributed by atoms with van der Waals surface area (Å²) in [6.45, 7) is 5.82. The Kier molecular flexibility index (Phi) is 4.73. The average Bonchev–Trinajstić information content (AvgIpc) is 2.81. The highest BCUT2D eigenvalue weighted by molar-refractivity contribution is 7.15. The van der Waals surface area contributed by atoms with Gasteiger partial charge in [-0.1, -0.05) is 0 Å². The summed E-state index contributed by atoms with van der Waals surface area (Å²) in [5.41, 5.74) is 0.383. The van der Waals surface area contributed by atoms with E-state index < -0.39 is 0 Å². The monoisotopic (exact) mass is 286 g/mol. The van der Waals surface area contributed by atoms with Gasteiger partial charge in [-0.15, -0.1) is 11.3 Å². The van der Waals surface area contributed by atoms with E-state index >= 15 is 0 Å². The molecule has 1 aliphatic rings. The molecule has 1 aliphatic heterocycles. The topological polar surface area (TPSA) is 71.9 Å². The summed E-state index contributed by atoms with van der Waals surface area (Å²) in [5, 5.41) is 9.91. The lowest BCUT2D eigenvalue weighted by molar-refractivity contribution is 0.00355. The van der Waals surface area contributed by atoms with Crippen molar-refractivity contribution in [3.63, 3.8) is 0 Å². The van der Waals surface area contributed by atoms with E-state index in [2.05, 4.69) is 4.98 Å². The zero-order chi connectivity index (χ0) is 13.8. The quantitative estimate of drug-likeness (QED) is 0.827. The molecule has 1 aromatic heterocycles. The van der Waals surface area contributed by atoms with Crippen LogP contribution in [0.1, 0.15) is 22.3 Å². The predicted octanol–water partition coefficient (Wildman–Crippen LogP) is 0.826. The fraction of sp³-hybridized carbons (Fsp3) is 0.667. The highest BCUT2D eigenvalue weighted by Gasteiger charge is 2.24. The minimum absolute atomic E-state index is 0.00834. The van der Waals surface area contributed by atoms with Crippen LogP contribution in [0.15, 0.2) is 0 Å². The number of nitrogens with zero attached hydrogens (tertiary/aromatic N) is 2. The van der Waals surface area contributed by atoms with Gasteiger partial charge in [0, 0.05) is 18.0 Å². The summed E-state index contributed by atoms with van der Waals surface area (Å²) >= 11 is 1.46. The van der Waals surface area contributed by atoms with Crippen molar-refractivity contribution in [1.29, 1.82) is 0 Å². The standard InChI is InChI=1S/C12H18N2O4S/c1-3-17-11(16)10-8(2)19-12(13-10)14-4-5-18-9(6-14)7-15/h9,15H,3-7H2,1-2H3. The van der Waals surface area contributed by atoms with E-state index in [0.717, 1.165) is 10.0 Å². The molecule has 0 amide bonds. The van der Waals surface area contributed by atoms with Gasteiger partial charge in [-0.3, -0.25) is 0 Å². The van der Waals surface area contributed by atoms with E-state index in [9.17, 15) is 4.79 Å². The first-order valence-corrected chi connectivity index (χ1v) is 7.09. The maximum Gasteiger partial charge on any atom is 0.358 e. The van der Waals surface area contributed by atoms with Gasteiger partial charge in [-0.05, 0) is 13.8 Å². The second-order valence-corrected chi connectivity index (χ2v) is 5.42. The Labute approximate surface area is 116 Å². The molecule has 19 heavy (non-hydrogen) atoms. The minimum atomic E-state index is -0.380. The third-order valence-electron chi connectivity index (χ3n) is 2.87. The summed E-state index contributed by atoms with van der Waals surface area (Å²) in [5.74, 6) is -0.380. The molecule has 0 spiro atoms. The van der Waals surface area contributed by atoms with Gasteiger partial charge in [-0.2, -0.15) is 0 Å². The lowest BCUT2D eigenvalue weighted by Crippen LogP contribution is -2.44. The Morgan fingerprint density at radius 3 is 3.16 bits per heavy atom. The molecule has 1 unspecified atom stereocenters. The largest absolute Gasteiger partial charge is 0.461 e. The van der Waals surface area contributed by atoms with Gasteiger partial charge in [0.15, 0.2) is 10.8 Å². The molecule has 0 bridgehead atoms. The minimum Gasteiger partial charge on any atom is -0.461 e. The van der Waals surface area contributed by atoms with Crippen LogP contribution < -0.4 is 4.90 Å². The number of hydrogen-bond acceptors (Lipinski definition) is 7. The molecule has 1 aromatic rings. The number of ether oxygens (including phenoxy) is 2. The molecule has 0 radical (unpaired) electrons. The van der Waals surface area contributed by atoms with Gasteiger partial charge in [0.25, 0.3) is 0 Å². The molecule has 7 heteroatoms. The lowest BCUT2D eigenvalue weighted by Gasteiger charge is -2.31. The molecule has 1 N–H and O–H groups in total. The first-order chi connectivity index (χ1) is 9.15. The molecule has 106 valence electrons. The Hall–Kier alpha value is -1.18. The van der Waals surface area contributed by atoms with Crippen LogP contribution in [0.25, 0.3) is 0 Å². The SMILES string of the molecule is CCOC(=O)c1nc(N2CCOC(CO)C2)sc1C. The van der Waals surface area contributed by atoms with Crippen LogP contribution in [0.3, 0.4) is 0 Å². The molecule has 6 nitrogen and oxygen atoms in total. The number of hydrogen-bond donors (Lipinski definition) is 1. The number of aliphatic hydroxyl groups excluding tert-OH is 1. The summed E-state index contributed by atoms with van der Waals surface area (Å²) in [7, 11) is 0. The molecule has 0 aromatic carbocycles. The van der Waals surface area contributed by atoms with Crippen molar-refractivity contribution in [2.24, 2.45) is 0 Å². The third-order valence-corrected chi connectivity index (χ3v) is 3.90. The van der Waals surface area contributed by atoms with Crippen LogP contribution in [0.4, 0.5) is 5.13 Å². The van der Waals surface area contributed by atoms with Gasteiger partial charge in [0.2, 0.25) is 0 Å². The molecule has 2 heterocycles. The van der Waals surface area contributed by atoms with E-state index in [0.29, 0.717) is 32.0 Å². The third kappa shape index (κ3) is 3.23. The molecule has 1 fully saturated rings. The van der Waals surface area contributed by atoms with E-state index in [1.807, 2.05) is 11.8 Å². The lowest BCUT2D eigenvalue weighted by atomic mass is 10.3.